The number of carbonyl (C=O) groups excluding carboxylic acids is 2. The van der Waals surface area contributed by atoms with Crippen molar-refractivity contribution in [1.82, 2.24) is 14.3 Å². The number of nitrogens with two attached hydrogens (primary N) is 1. The third-order valence-electron chi connectivity index (χ3n) is 4.38. The standard InChI is InChI=1S/C13H17BrN4O5S2/c14-9-5-10(24-7-9)12-17(6-11(19)18(12)21)13(20)8-1-3-16(4-2-8)25(15,22)23/h5,7-8,12,21H,1-4,6H2,(H2,15,22,23). The molecule has 0 spiro atoms. The van der Waals surface area contributed by atoms with Crippen LogP contribution in [0.2, 0.25) is 0 Å². The summed E-state index contributed by atoms with van der Waals surface area (Å²) in [5, 5.41) is 17.6. The number of rotatable bonds is 3. The number of amides is 2. The van der Waals surface area contributed by atoms with Crippen LogP contribution in [0.3, 0.4) is 0 Å². The van der Waals surface area contributed by atoms with E-state index in [9.17, 15) is 23.2 Å². The minimum absolute atomic E-state index is 0.162. The number of hydrogen-bond acceptors (Lipinski definition) is 6. The second-order valence-electron chi connectivity index (χ2n) is 5.96. The fourth-order valence-electron chi connectivity index (χ4n) is 3.10. The molecule has 1 atom stereocenters. The van der Waals surface area contributed by atoms with Gasteiger partial charge in [-0.15, -0.1) is 11.3 Å². The molecule has 1 aromatic rings. The van der Waals surface area contributed by atoms with Crippen LogP contribution in [0.1, 0.15) is 23.9 Å². The fraction of sp³-hybridized carbons (Fsp3) is 0.538. The maximum Gasteiger partial charge on any atom is 0.276 e. The second kappa shape index (κ2) is 6.93. The highest BCUT2D eigenvalue weighted by molar-refractivity contribution is 9.10. The number of hydrogen-bond donors (Lipinski definition) is 2. The number of thiophene rings is 1. The van der Waals surface area contributed by atoms with Gasteiger partial charge in [-0.25, -0.2) is 5.14 Å². The normalized spacial score (nSPS) is 23.5. The van der Waals surface area contributed by atoms with Crippen LogP contribution in [0.5, 0.6) is 0 Å². The van der Waals surface area contributed by atoms with E-state index in [2.05, 4.69) is 15.9 Å². The van der Waals surface area contributed by atoms with Crippen molar-refractivity contribution in [2.75, 3.05) is 19.6 Å². The van der Waals surface area contributed by atoms with Crippen molar-refractivity contribution in [1.29, 1.82) is 0 Å². The minimum atomic E-state index is -3.76. The molecule has 2 saturated heterocycles. The van der Waals surface area contributed by atoms with Gasteiger partial charge >= 0.3 is 0 Å². The Balaban J connectivity index is 1.76. The van der Waals surface area contributed by atoms with Gasteiger partial charge in [0.15, 0.2) is 6.17 Å². The largest absolute Gasteiger partial charge is 0.306 e. The zero-order valence-electron chi connectivity index (χ0n) is 13.0. The van der Waals surface area contributed by atoms with Gasteiger partial charge < -0.3 is 4.90 Å². The van der Waals surface area contributed by atoms with Crippen LogP contribution >= 0.6 is 27.3 Å². The van der Waals surface area contributed by atoms with Crippen molar-refractivity contribution in [3.05, 3.63) is 20.8 Å². The fourth-order valence-corrected chi connectivity index (χ4v) is 5.36. The van der Waals surface area contributed by atoms with Crippen LogP contribution in [-0.4, -0.2) is 59.3 Å². The maximum atomic E-state index is 12.9. The van der Waals surface area contributed by atoms with Gasteiger partial charge in [0, 0.05) is 28.9 Å². The summed E-state index contributed by atoms with van der Waals surface area (Å²) in [5.74, 6) is -1.23. The van der Waals surface area contributed by atoms with Crippen molar-refractivity contribution in [3.63, 3.8) is 0 Å². The Kier molecular flexibility index (Phi) is 5.19. The van der Waals surface area contributed by atoms with Crippen LogP contribution in [0, 0.1) is 5.92 Å². The number of hydroxylamine groups is 2. The molecule has 2 amide bonds. The molecule has 9 nitrogen and oxygen atoms in total. The molecule has 1 unspecified atom stereocenters. The van der Waals surface area contributed by atoms with Crippen LogP contribution in [0.25, 0.3) is 0 Å². The van der Waals surface area contributed by atoms with Crippen molar-refractivity contribution in [2.45, 2.75) is 19.0 Å². The number of nitrogens with zero attached hydrogens (tertiary/aromatic N) is 3. The SMILES string of the molecule is NS(=O)(=O)N1CCC(C(=O)N2CC(=O)N(O)C2c2cc(Br)cs2)CC1. The monoisotopic (exact) mass is 452 g/mol. The van der Waals surface area contributed by atoms with Crippen molar-refractivity contribution < 1.29 is 23.2 Å². The third kappa shape index (κ3) is 3.73. The molecule has 1 aromatic heterocycles. The molecule has 0 bridgehead atoms. The molecule has 3 rings (SSSR count). The van der Waals surface area contributed by atoms with Crippen molar-refractivity contribution >= 4 is 49.3 Å². The summed E-state index contributed by atoms with van der Waals surface area (Å²) < 4.78 is 24.7. The van der Waals surface area contributed by atoms with Gasteiger partial charge in [0.2, 0.25) is 5.91 Å². The van der Waals surface area contributed by atoms with E-state index < -0.39 is 28.2 Å². The smallest absolute Gasteiger partial charge is 0.276 e. The zero-order valence-corrected chi connectivity index (χ0v) is 16.3. The van der Waals surface area contributed by atoms with Crippen molar-refractivity contribution in [3.8, 4) is 0 Å². The van der Waals surface area contributed by atoms with Crippen LogP contribution in [-0.2, 0) is 19.8 Å². The lowest BCUT2D eigenvalue weighted by Crippen LogP contribution is -2.46. The van der Waals surface area contributed by atoms with Crippen molar-refractivity contribution in [2.24, 2.45) is 11.1 Å². The molecule has 0 aliphatic carbocycles. The first-order valence-corrected chi connectivity index (χ1v) is 10.7. The van der Waals surface area contributed by atoms with Gasteiger partial charge in [-0.2, -0.15) is 17.8 Å². The van der Waals surface area contributed by atoms with E-state index in [0.29, 0.717) is 22.8 Å². The van der Waals surface area contributed by atoms with E-state index in [1.54, 1.807) is 11.4 Å². The summed E-state index contributed by atoms with van der Waals surface area (Å²) >= 11 is 4.65. The Morgan fingerprint density at radius 2 is 2.00 bits per heavy atom. The molecule has 2 fully saturated rings. The summed E-state index contributed by atoms with van der Waals surface area (Å²) in [6.07, 6.45) is -0.203. The van der Waals surface area contributed by atoms with E-state index >= 15 is 0 Å². The molecular formula is C13H17BrN4O5S2. The van der Waals surface area contributed by atoms with E-state index in [0.717, 1.165) is 8.78 Å². The summed E-state index contributed by atoms with van der Waals surface area (Å²) in [7, 11) is -3.76. The molecule has 12 heteroatoms. The first kappa shape index (κ1) is 18.7. The Morgan fingerprint density at radius 3 is 2.52 bits per heavy atom. The van der Waals surface area contributed by atoms with E-state index in [1.165, 1.54) is 16.2 Å². The summed E-state index contributed by atoms with van der Waals surface area (Å²) in [5.41, 5.74) is 0. The summed E-state index contributed by atoms with van der Waals surface area (Å²) in [6, 6.07) is 1.75. The molecule has 25 heavy (non-hydrogen) atoms. The van der Waals surface area contributed by atoms with E-state index in [1.807, 2.05) is 0 Å². The number of carbonyl (C=O) groups is 2. The highest BCUT2D eigenvalue weighted by Crippen LogP contribution is 2.36. The molecule has 3 heterocycles. The summed E-state index contributed by atoms with van der Waals surface area (Å²) in [4.78, 5) is 26.8. The minimum Gasteiger partial charge on any atom is -0.306 e. The summed E-state index contributed by atoms with van der Waals surface area (Å²) in [6.45, 7) is 0.120. The van der Waals surface area contributed by atoms with E-state index in [-0.39, 0.29) is 25.5 Å². The topological polar surface area (TPSA) is 124 Å². The van der Waals surface area contributed by atoms with Gasteiger partial charge in [-0.05, 0) is 34.8 Å². The predicted octanol–water partition coefficient (Wildman–Crippen LogP) is 0.485. The number of halogens is 1. The van der Waals surface area contributed by atoms with E-state index in [4.69, 9.17) is 5.14 Å². The number of piperidine rings is 1. The van der Waals surface area contributed by atoms with Gasteiger partial charge in [0.05, 0.1) is 4.88 Å². The van der Waals surface area contributed by atoms with Crippen LogP contribution in [0.4, 0.5) is 0 Å². The molecule has 0 saturated carbocycles. The Labute approximate surface area is 157 Å². The predicted molar refractivity (Wildman–Crippen MR) is 92.5 cm³/mol. The highest BCUT2D eigenvalue weighted by atomic mass is 79.9. The molecular weight excluding hydrogens is 436 g/mol. The first-order valence-electron chi connectivity index (χ1n) is 7.51. The lowest BCUT2D eigenvalue weighted by atomic mass is 9.96. The average molecular weight is 453 g/mol. The maximum absolute atomic E-state index is 12.9. The molecule has 3 N–H and O–H groups in total. The zero-order chi connectivity index (χ0) is 18.4. The average Bonchev–Trinajstić information content (AvgIpc) is 3.10. The molecule has 0 radical (unpaired) electrons. The molecule has 2 aliphatic rings. The van der Waals surface area contributed by atoms with Gasteiger partial charge in [-0.3, -0.25) is 14.8 Å². The highest BCUT2D eigenvalue weighted by Gasteiger charge is 2.44. The molecule has 138 valence electrons. The Morgan fingerprint density at radius 1 is 1.36 bits per heavy atom. The van der Waals surface area contributed by atoms with Gasteiger partial charge in [-0.1, -0.05) is 0 Å². The lowest BCUT2D eigenvalue weighted by Gasteiger charge is -2.33. The first-order chi connectivity index (χ1) is 11.7. The lowest BCUT2D eigenvalue weighted by molar-refractivity contribution is -0.172. The van der Waals surface area contributed by atoms with Gasteiger partial charge in [0.1, 0.15) is 6.54 Å². The Bertz CT molecular complexity index is 790. The van der Waals surface area contributed by atoms with Crippen LogP contribution < -0.4 is 5.14 Å². The molecule has 0 aromatic carbocycles. The van der Waals surface area contributed by atoms with Gasteiger partial charge in [0.25, 0.3) is 16.1 Å². The Hall–Kier alpha value is -1.05. The second-order valence-corrected chi connectivity index (χ2v) is 9.37. The van der Waals surface area contributed by atoms with Crippen LogP contribution in [0.15, 0.2) is 15.9 Å². The molecule has 2 aliphatic heterocycles. The quantitative estimate of drug-likeness (QED) is 0.645. The third-order valence-corrected chi connectivity index (χ3v) is 7.19.